The highest BCUT2D eigenvalue weighted by Gasteiger charge is 2.17. The predicted molar refractivity (Wildman–Crippen MR) is 51.8 cm³/mol. The minimum absolute atomic E-state index is 0.360. The van der Waals surface area contributed by atoms with E-state index in [1.165, 1.54) is 0 Å². The summed E-state index contributed by atoms with van der Waals surface area (Å²) >= 11 is 0. The number of nitrogens with zero attached hydrogens (tertiary/aromatic N) is 1. The van der Waals surface area contributed by atoms with Crippen LogP contribution in [0.25, 0.3) is 0 Å². The van der Waals surface area contributed by atoms with Crippen LogP contribution in [0.2, 0.25) is 0 Å². The van der Waals surface area contributed by atoms with E-state index in [9.17, 15) is 5.11 Å². The minimum atomic E-state index is 0.360. The highest BCUT2D eigenvalue weighted by atomic mass is 16.3. The summed E-state index contributed by atoms with van der Waals surface area (Å²) in [6.07, 6.45) is 2.84. The van der Waals surface area contributed by atoms with E-state index in [-0.39, 0.29) is 0 Å². The van der Waals surface area contributed by atoms with Gasteiger partial charge in [-0.3, -0.25) is 0 Å². The van der Waals surface area contributed by atoms with Crippen molar-refractivity contribution in [2.75, 3.05) is 0 Å². The van der Waals surface area contributed by atoms with Gasteiger partial charge in [-0.15, -0.1) is 0 Å². The Hall–Kier alpha value is -1.51. The molecular weight excluding hydrogens is 164 g/mol. The van der Waals surface area contributed by atoms with Gasteiger partial charge in [-0.2, -0.15) is 5.10 Å². The van der Waals surface area contributed by atoms with Gasteiger partial charge in [0.2, 0.25) is 0 Å². The maximum absolute atomic E-state index is 9.57. The van der Waals surface area contributed by atoms with Gasteiger partial charge < -0.3 is 10.9 Å². The molecule has 0 atom stereocenters. The van der Waals surface area contributed by atoms with Crippen molar-refractivity contribution in [1.82, 2.24) is 0 Å². The molecule has 0 amide bonds. The molecule has 1 aliphatic rings. The monoisotopic (exact) mass is 176 g/mol. The largest absolute Gasteiger partial charge is 0.508 e. The number of benzene rings is 1. The van der Waals surface area contributed by atoms with Gasteiger partial charge in [-0.05, 0) is 25.3 Å². The lowest BCUT2D eigenvalue weighted by molar-refractivity contribution is 0.466. The number of fused-ring (bicyclic) bond motifs is 1. The van der Waals surface area contributed by atoms with Gasteiger partial charge >= 0.3 is 0 Å². The number of hydrogen-bond acceptors (Lipinski definition) is 3. The molecule has 3 nitrogen and oxygen atoms in total. The number of rotatable bonds is 0. The Kier molecular flexibility index (Phi) is 1.93. The minimum Gasteiger partial charge on any atom is -0.508 e. The summed E-state index contributed by atoms with van der Waals surface area (Å²) in [5.41, 5.74) is 2.89. The van der Waals surface area contributed by atoms with E-state index in [0.29, 0.717) is 5.75 Å². The Morgan fingerprint density at radius 2 is 2.15 bits per heavy atom. The van der Waals surface area contributed by atoms with Crippen LogP contribution in [0.3, 0.4) is 0 Å². The number of aromatic hydroxyl groups is 1. The molecule has 0 aliphatic heterocycles. The number of hydrazone groups is 1. The van der Waals surface area contributed by atoms with Gasteiger partial charge in [-0.1, -0.05) is 12.1 Å². The van der Waals surface area contributed by atoms with Gasteiger partial charge in [0, 0.05) is 11.1 Å². The Balaban J connectivity index is 2.58. The zero-order valence-electron chi connectivity index (χ0n) is 7.33. The molecule has 1 aromatic carbocycles. The van der Waals surface area contributed by atoms with Crippen molar-refractivity contribution >= 4 is 5.71 Å². The molecule has 3 heteroatoms. The summed E-state index contributed by atoms with van der Waals surface area (Å²) in [5, 5.41) is 13.3. The molecule has 0 heterocycles. The molecule has 0 radical (unpaired) electrons. The molecule has 0 bridgehead atoms. The SMILES string of the molecule is N/N=C1\CCCc2c(O)cccc21. The van der Waals surface area contributed by atoms with Crippen LogP contribution >= 0.6 is 0 Å². The second-order valence-corrected chi connectivity index (χ2v) is 3.23. The van der Waals surface area contributed by atoms with E-state index in [0.717, 1.165) is 36.1 Å². The van der Waals surface area contributed by atoms with Crippen molar-refractivity contribution in [2.24, 2.45) is 10.9 Å². The summed E-state index contributed by atoms with van der Waals surface area (Å²) in [7, 11) is 0. The second-order valence-electron chi connectivity index (χ2n) is 3.23. The molecule has 0 aromatic heterocycles. The average molecular weight is 176 g/mol. The Bertz CT molecular complexity index is 358. The summed E-state index contributed by atoms with van der Waals surface area (Å²) in [6.45, 7) is 0. The van der Waals surface area contributed by atoms with Gasteiger partial charge in [0.1, 0.15) is 5.75 Å². The van der Waals surface area contributed by atoms with E-state index in [2.05, 4.69) is 5.10 Å². The molecule has 0 unspecified atom stereocenters. The van der Waals surface area contributed by atoms with Crippen LogP contribution in [-0.2, 0) is 6.42 Å². The van der Waals surface area contributed by atoms with Crippen LogP contribution in [0, 0.1) is 0 Å². The Morgan fingerprint density at radius 3 is 2.92 bits per heavy atom. The third-order valence-electron chi connectivity index (χ3n) is 2.46. The van der Waals surface area contributed by atoms with Crippen LogP contribution in [-0.4, -0.2) is 10.8 Å². The average Bonchev–Trinajstić information content (AvgIpc) is 2.18. The third kappa shape index (κ3) is 1.26. The van der Waals surface area contributed by atoms with Crippen molar-refractivity contribution in [3.8, 4) is 5.75 Å². The highest BCUT2D eigenvalue weighted by Crippen LogP contribution is 2.28. The van der Waals surface area contributed by atoms with E-state index >= 15 is 0 Å². The van der Waals surface area contributed by atoms with Crippen LogP contribution in [0.5, 0.6) is 5.75 Å². The molecule has 3 N–H and O–H groups in total. The first-order chi connectivity index (χ1) is 6.33. The Labute approximate surface area is 76.9 Å². The molecule has 13 heavy (non-hydrogen) atoms. The third-order valence-corrected chi connectivity index (χ3v) is 2.46. The number of phenolic OH excluding ortho intramolecular Hbond substituents is 1. The fraction of sp³-hybridized carbons (Fsp3) is 0.300. The summed E-state index contributed by atoms with van der Waals surface area (Å²) in [6, 6.07) is 5.49. The quantitative estimate of drug-likeness (QED) is 0.463. The van der Waals surface area contributed by atoms with E-state index < -0.39 is 0 Å². The lowest BCUT2D eigenvalue weighted by Gasteiger charge is -2.17. The number of phenols is 1. The predicted octanol–water partition coefficient (Wildman–Crippen LogP) is 1.39. The van der Waals surface area contributed by atoms with Gasteiger partial charge in [0.05, 0.1) is 5.71 Å². The molecule has 1 aliphatic carbocycles. The number of hydrogen-bond donors (Lipinski definition) is 2. The topological polar surface area (TPSA) is 58.6 Å². The van der Waals surface area contributed by atoms with Crippen molar-refractivity contribution in [3.63, 3.8) is 0 Å². The van der Waals surface area contributed by atoms with Crippen molar-refractivity contribution < 1.29 is 5.11 Å². The van der Waals surface area contributed by atoms with Crippen LogP contribution in [0.1, 0.15) is 24.0 Å². The molecule has 0 fully saturated rings. The lowest BCUT2D eigenvalue weighted by atomic mass is 9.89. The first-order valence-corrected chi connectivity index (χ1v) is 4.41. The zero-order valence-corrected chi connectivity index (χ0v) is 7.33. The lowest BCUT2D eigenvalue weighted by Crippen LogP contribution is -2.13. The molecule has 2 rings (SSSR count). The molecule has 1 aromatic rings. The van der Waals surface area contributed by atoms with E-state index in [1.807, 2.05) is 12.1 Å². The molecule has 0 saturated heterocycles. The van der Waals surface area contributed by atoms with E-state index in [4.69, 9.17) is 5.84 Å². The van der Waals surface area contributed by atoms with Gasteiger partial charge in [-0.25, -0.2) is 0 Å². The van der Waals surface area contributed by atoms with Crippen LogP contribution < -0.4 is 5.84 Å². The van der Waals surface area contributed by atoms with Gasteiger partial charge in [0.25, 0.3) is 0 Å². The Morgan fingerprint density at radius 1 is 1.31 bits per heavy atom. The number of nitrogens with two attached hydrogens (primary N) is 1. The second kappa shape index (κ2) is 3.09. The maximum atomic E-state index is 9.57. The first-order valence-electron chi connectivity index (χ1n) is 4.41. The van der Waals surface area contributed by atoms with Crippen LogP contribution in [0.15, 0.2) is 23.3 Å². The smallest absolute Gasteiger partial charge is 0.119 e. The summed E-state index contributed by atoms with van der Waals surface area (Å²) in [4.78, 5) is 0. The summed E-state index contributed by atoms with van der Waals surface area (Å²) < 4.78 is 0. The normalized spacial score (nSPS) is 18.6. The highest BCUT2D eigenvalue weighted by molar-refractivity contribution is 6.03. The fourth-order valence-corrected chi connectivity index (χ4v) is 1.81. The molecule has 0 saturated carbocycles. The van der Waals surface area contributed by atoms with Crippen LogP contribution in [0.4, 0.5) is 0 Å². The fourth-order valence-electron chi connectivity index (χ4n) is 1.81. The standard InChI is InChI=1S/C10H12N2O/c11-12-9-5-1-4-8-7(9)3-2-6-10(8)13/h2-3,6,13H,1,4-5,11H2/b12-9+. The maximum Gasteiger partial charge on any atom is 0.119 e. The van der Waals surface area contributed by atoms with E-state index in [1.54, 1.807) is 6.07 Å². The van der Waals surface area contributed by atoms with Crippen molar-refractivity contribution in [3.05, 3.63) is 29.3 Å². The van der Waals surface area contributed by atoms with Crippen molar-refractivity contribution in [2.45, 2.75) is 19.3 Å². The zero-order chi connectivity index (χ0) is 9.26. The van der Waals surface area contributed by atoms with Crippen molar-refractivity contribution in [1.29, 1.82) is 0 Å². The first kappa shape index (κ1) is 8.10. The molecule has 0 spiro atoms. The summed E-state index contributed by atoms with van der Waals surface area (Å²) in [5.74, 6) is 5.63. The molecule has 68 valence electrons. The van der Waals surface area contributed by atoms with Gasteiger partial charge in [0.15, 0.2) is 0 Å². The molecular formula is C10H12N2O.